The van der Waals surface area contributed by atoms with E-state index in [2.05, 4.69) is 5.32 Å². The summed E-state index contributed by atoms with van der Waals surface area (Å²) in [7, 11) is 0. The number of nitrogens with one attached hydrogen (secondary N) is 1. The molecule has 0 saturated heterocycles. The summed E-state index contributed by atoms with van der Waals surface area (Å²) in [5, 5.41) is 13.2. The molecule has 0 radical (unpaired) electrons. The number of carbonyl (C=O) groups is 3. The molecule has 2 N–H and O–H groups in total. The molecule has 29 heavy (non-hydrogen) atoms. The third-order valence-corrected chi connectivity index (χ3v) is 7.50. The number of aliphatic carboxylic acids is 1. The Hall–Kier alpha value is -2.15. The van der Waals surface area contributed by atoms with Gasteiger partial charge in [-0.1, -0.05) is 12.2 Å². The lowest BCUT2D eigenvalue weighted by Gasteiger charge is -2.41. The minimum Gasteiger partial charge on any atom is -0.481 e. The first-order valence-electron chi connectivity index (χ1n) is 10.4. The van der Waals surface area contributed by atoms with Crippen molar-refractivity contribution in [2.24, 2.45) is 23.7 Å². The standard InChI is InChI=1S/C22H27NO5S/c1-11(2)28-22(27)18-14-5-3-4-6-15(14)29-20(18)23-19(24)16-12-7-9-13(10-8-12)17(16)21(25)26/h7,9,11-13,16-17H,3-6,8,10H2,1-2H3,(H,23,24)(H,25,26)/t12-,13+,16+,17+/m1/s1. The van der Waals surface area contributed by atoms with Crippen LogP contribution in [0.5, 0.6) is 0 Å². The van der Waals surface area contributed by atoms with E-state index < -0.39 is 23.8 Å². The third kappa shape index (κ3) is 3.72. The van der Waals surface area contributed by atoms with Crippen LogP contribution in [-0.2, 0) is 27.2 Å². The van der Waals surface area contributed by atoms with Crippen LogP contribution >= 0.6 is 11.3 Å². The molecular weight excluding hydrogens is 390 g/mol. The van der Waals surface area contributed by atoms with Crippen LogP contribution in [0.25, 0.3) is 0 Å². The van der Waals surface area contributed by atoms with Gasteiger partial charge in [-0.25, -0.2) is 4.79 Å². The molecule has 1 aromatic heterocycles. The van der Waals surface area contributed by atoms with Crippen molar-refractivity contribution in [2.45, 2.75) is 58.5 Å². The average Bonchev–Trinajstić information content (AvgIpc) is 3.05. The number of amides is 1. The monoisotopic (exact) mass is 417 g/mol. The van der Waals surface area contributed by atoms with E-state index in [0.29, 0.717) is 10.6 Å². The largest absolute Gasteiger partial charge is 0.481 e. The zero-order chi connectivity index (χ0) is 20.7. The van der Waals surface area contributed by atoms with Gasteiger partial charge in [-0.3, -0.25) is 9.59 Å². The Kier molecular flexibility index (Phi) is 5.51. The quantitative estimate of drug-likeness (QED) is 0.557. The topological polar surface area (TPSA) is 92.7 Å². The van der Waals surface area contributed by atoms with E-state index in [-0.39, 0.29) is 23.8 Å². The second kappa shape index (κ2) is 7.94. The van der Waals surface area contributed by atoms with E-state index in [0.717, 1.165) is 49.0 Å². The molecule has 4 atom stereocenters. The van der Waals surface area contributed by atoms with Gasteiger partial charge in [0, 0.05) is 4.88 Å². The maximum absolute atomic E-state index is 13.2. The number of anilines is 1. The molecule has 1 heterocycles. The Balaban J connectivity index is 1.64. The number of rotatable bonds is 5. The average molecular weight is 418 g/mol. The van der Waals surface area contributed by atoms with Gasteiger partial charge in [0.05, 0.1) is 23.5 Å². The van der Waals surface area contributed by atoms with Gasteiger partial charge in [0.1, 0.15) is 5.00 Å². The van der Waals surface area contributed by atoms with E-state index in [9.17, 15) is 19.5 Å². The van der Waals surface area contributed by atoms with Crippen molar-refractivity contribution in [2.75, 3.05) is 5.32 Å². The summed E-state index contributed by atoms with van der Waals surface area (Å²) in [6.45, 7) is 3.61. The molecule has 1 aromatic rings. The Labute approximate surface area is 174 Å². The third-order valence-electron chi connectivity index (χ3n) is 6.29. The Bertz CT molecular complexity index is 871. The van der Waals surface area contributed by atoms with Gasteiger partial charge in [0.25, 0.3) is 0 Å². The number of allylic oxidation sites excluding steroid dienone is 2. The van der Waals surface area contributed by atoms with Crippen LogP contribution in [0.3, 0.4) is 0 Å². The fourth-order valence-electron chi connectivity index (χ4n) is 5.03. The first-order valence-corrected chi connectivity index (χ1v) is 11.3. The maximum Gasteiger partial charge on any atom is 0.341 e. The highest BCUT2D eigenvalue weighted by Crippen LogP contribution is 2.46. The van der Waals surface area contributed by atoms with Crippen LogP contribution in [0.4, 0.5) is 5.00 Å². The number of esters is 1. The number of fused-ring (bicyclic) bond motifs is 3. The first kappa shape index (κ1) is 20.1. The van der Waals surface area contributed by atoms with E-state index in [1.807, 2.05) is 12.2 Å². The van der Waals surface area contributed by atoms with Crippen molar-refractivity contribution >= 4 is 34.2 Å². The van der Waals surface area contributed by atoms with Crippen LogP contribution in [0.15, 0.2) is 12.2 Å². The predicted molar refractivity (Wildman–Crippen MR) is 110 cm³/mol. The van der Waals surface area contributed by atoms with Crippen molar-refractivity contribution in [3.63, 3.8) is 0 Å². The molecule has 156 valence electrons. The molecule has 0 spiro atoms. The predicted octanol–water partition coefficient (Wildman–Crippen LogP) is 4.04. The second-order valence-corrected chi connectivity index (χ2v) is 9.64. The van der Waals surface area contributed by atoms with E-state index >= 15 is 0 Å². The van der Waals surface area contributed by atoms with Gasteiger partial charge in [0.15, 0.2) is 0 Å². The molecule has 6 nitrogen and oxygen atoms in total. The first-order chi connectivity index (χ1) is 13.9. The Morgan fingerprint density at radius 1 is 1.10 bits per heavy atom. The normalized spacial score (nSPS) is 27.6. The number of carbonyl (C=O) groups excluding carboxylic acids is 2. The number of carboxylic acid groups (broad SMARTS) is 1. The molecule has 0 aliphatic heterocycles. The molecule has 2 bridgehead atoms. The highest BCUT2D eigenvalue weighted by Gasteiger charge is 2.48. The molecule has 0 unspecified atom stereocenters. The van der Waals surface area contributed by atoms with Crippen molar-refractivity contribution in [1.29, 1.82) is 0 Å². The molecule has 7 heteroatoms. The van der Waals surface area contributed by atoms with E-state index in [4.69, 9.17) is 4.74 Å². The van der Waals surface area contributed by atoms with Gasteiger partial charge < -0.3 is 15.2 Å². The van der Waals surface area contributed by atoms with Crippen molar-refractivity contribution in [3.05, 3.63) is 28.2 Å². The SMILES string of the molecule is CC(C)OC(=O)c1c(NC(=O)[C@@H]2[C@@H](C(=O)O)[C@H]3C=C[C@@H]2CC3)sc2c1CCCC2. The molecule has 1 saturated carbocycles. The smallest absolute Gasteiger partial charge is 0.341 e. The number of hydrogen-bond acceptors (Lipinski definition) is 5. The second-order valence-electron chi connectivity index (χ2n) is 8.54. The number of hydrogen-bond donors (Lipinski definition) is 2. The molecule has 0 aromatic carbocycles. The molecule has 4 aliphatic carbocycles. The van der Waals surface area contributed by atoms with Gasteiger partial charge in [0.2, 0.25) is 5.91 Å². The molecule has 4 aliphatic rings. The zero-order valence-corrected chi connectivity index (χ0v) is 17.6. The molecule has 5 rings (SSSR count). The van der Waals surface area contributed by atoms with Crippen molar-refractivity contribution in [3.8, 4) is 0 Å². The summed E-state index contributed by atoms with van der Waals surface area (Å²) >= 11 is 1.44. The van der Waals surface area contributed by atoms with Crippen LogP contribution in [-0.4, -0.2) is 29.1 Å². The van der Waals surface area contributed by atoms with Crippen LogP contribution in [0, 0.1) is 23.7 Å². The summed E-state index contributed by atoms with van der Waals surface area (Å²) in [5.74, 6) is -3.11. The fourth-order valence-corrected chi connectivity index (χ4v) is 6.31. The number of thiophene rings is 1. The number of ether oxygens (including phenoxy) is 1. The highest BCUT2D eigenvalue weighted by atomic mass is 32.1. The highest BCUT2D eigenvalue weighted by molar-refractivity contribution is 7.17. The molecule has 1 fully saturated rings. The minimum atomic E-state index is -0.922. The lowest BCUT2D eigenvalue weighted by atomic mass is 9.62. The fraction of sp³-hybridized carbons (Fsp3) is 0.591. The van der Waals surface area contributed by atoms with E-state index in [1.54, 1.807) is 13.8 Å². The van der Waals surface area contributed by atoms with Crippen molar-refractivity contribution < 1.29 is 24.2 Å². The van der Waals surface area contributed by atoms with Crippen LogP contribution < -0.4 is 5.32 Å². The van der Waals surface area contributed by atoms with E-state index in [1.165, 1.54) is 11.3 Å². The maximum atomic E-state index is 13.2. The summed E-state index contributed by atoms with van der Waals surface area (Å²) in [6, 6.07) is 0. The summed E-state index contributed by atoms with van der Waals surface area (Å²) < 4.78 is 5.45. The van der Waals surface area contributed by atoms with Crippen LogP contribution in [0.1, 0.15) is 60.3 Å². The molecule has 1 amide bonds. The summed E-state index contributed by atoms with van der Waals surface area (Å²) in [5.41, 5.74) is 1.46. The minimum absolute atomic E-state index is 0.0678. The number of carboxylic acids is 1. The molecular formula is C22H27NO5S. The van der Waals surface area contributed by atoms with Gasteiger partial charge in [-0.15, -0.1) is 11.3 Å². The van der Waals surface area contributed by atoms with Gasteiger partial charge >= 0.3 is 11.9 Å². The Morgan fingerprint density at radius 3 is 2.38 bits per heavy atom. The summed E-state index contributed by atoms with van der Waals surface area (Å²) in [4.78, 5) is 39.0. The number of aryl methyl sites for hydroxylation is 1. The van der Waals surface area contributed by atoms with Crippen LogP contribution in [0.2, 0.25) is 0 Å². The Morgan fingerprint density at radius 2 is 1.76 bits per heavy atom. The van der Waals surface area contributed by atoms with Gasteiger partial charge in [-0.2, -0.15) is 0 Å². The van der Waals surface area contributed by atoms with Crippen molar-refractivity contribution in [1.82, 2.24) is 0 Å². The zero-order valence-electron chi connectivity index (χ0n) is 16.8. The summed E-state index contributed by atoms with van der Waals surface area (Å²) in [6.07, 6.45) is 9.10. The lowest BCUT2D eigenvalue weighted by Crippen LogP contribution is -2.47. The lowest BCUT2D eigenvalue weighted by molar-refractivity contribution is -0.151. The van der Waals surface area contributed by atoms with Gasteiger partial charge in [-0.05, 0) is 69.8 Å².